The summed E-state index contributed by atoms with van der Waals surface area (Å²) in [6, 6.07) is 3.91. The lowest BCUT2D eigenvalue weighted by Gasteiger charge is -2.21. The average molecular weight is 197 g/mol. The van der Waals surface area contributed by atoms with Gasteiger partial charge < -0.3 is 14.4 Å². The van der Waals surface area contributed by atoms with Gasteiger partial charge in [0.1, 0.15) is 5.76 Å². The Morgan fingerprint density at radius 3 is 2.64 bits per heavy atom. The molecule has 1 aromatic heterocycles. The van der Waals surface area contributed by atoms with Gasteiger partial charge in [0.05, 0.1) is 0 Å². The van der Waals surface area contributed by atoms with E-state index in [0.29, 0.717) is 5.92 Å². The largest absolute Gasteiger partial charge is 0.446 e. The number of anilines is 1. The lowest BCUT2D eigenvalue weighted by atomic mass is 10.1. The van der Waals surface area contributed by atoms with Crippen molar-refractivity contribution in [2.45, 2.75) is 20.3 Å². The van der Waals surface area contributed by atoms with Crippen LogP contribution in [0.2, 0.25) is 0 Å². The number of aliphatic hydroxyl groups excluding tert-OH is 1. The van der Waals surface area contributed by atoms with Crippen molar-refractivity contribution < 1.29 is 9.52 Å². The second kappa shape index (κ2) is 5.05. The summed E-state index contributed by atoms with van der Waals surface area (Å²) in [5.74, 6) is 2.11. The Kier molecular flexibility index (Phi) is 4.01. The number of hydrogen-bond acceptors (Lipinski definition) is 3. The Hall–Kier alpha value is -0.960. The first kappa shape index (κ1) is 11.1. The standard InChI is InChI=1S/C11H19NO2/c1-4-10(8-13)7-12(3)11-6-5-9(2)14-11/h5-6,10,13H,4,7-8H2,1-3H3. The van der Waals surface area contributed by atoms with E-state index in [1.54, 1.807) is 0 Å². The van der Waals surface area contributed by atoms with Crippen molar-refractivity contribution in [2.24, 2.45) is 5.92 Å². The molecule has 0 bridgehead atoms. The van der Waals surface area contributed by atoms with Crippen molar-refractivity contribution in [3.05, 3.63) is 17.9 Å². The van der Waals surface area contributed by atoms with Gasteiger partial charge in [0.25, 0.3) is 0 Å². The van der Waals surface area contributed by atoms with Gasteiger partial charge in [0.2, 0.25) is 0 Å². The van der Waals surface area contributed by atoms with Crippen molar-refractivity contribution in [1.29, 1.82) is 0 Å². The fourth-order valence-electron chi connectivity index (χ4n) is 1.42. The predicted molar refractivity (Wildman–Crippen MR) is 57.6 cm³/mol. The van der Waals surface area contributed by atoms with Crippen LogP contribution in [0.1, 0.15) is 19.1 Å². The Morgan fingerprint density at radius 1 is 1.50 bits per heavy atom. The Morgan fingerprint density at radius 2 is 2.21 bits per heavy atom. The van der Waals surface area contributed by atoms with Crippen LogP contribution in [0.15, 0.2) is 16.5 Å². The quantitative estimate of drug-likeness (QED) is 0.784. The van der Waals surface area contributed by atoms with Crippen molar-refractivity contribution in [2.75, 3.05) is 25.1 Å². The molecule has 1 atom stereocenters. The smallest absolute Gasteiger partial charge is 0.195 e. The molecule has 1 aromatic rings. The molecule has 80 valence electrons. The summed E-state index contributed by atoms with van der Waals surface area (Å²) in [4.78, 5) is 2.04. The van der Waals surface area contributed by atoms with Crippen molar-refractivity contribution in [3.63, 3.8) is 0 Å². The van der Waals surface area contributed by atoms with Crippen LogP contribution in [0.3, 0.4) is 0 Å². The topological polar surface area (TPSA) is 36.6 Å². The molecule has 0 aliphatic heterocycles. The molecule has 14 heavy (non-hydrogen) atoms. The van der Waals surface area contributed by atoms with Gasteiger partial charge in [-0.1, -0.05) is 6.92 Å². The third-order valence-corrected chi connectivity index (χ3v) is 2.47. The SMILES string of the molecule is CCC(CO)CN(C)c1ccc(C)o1. The maximum atomic E-state index is 9.07. The minimum absolute atomic E-state index is 0.237. The van der Waals surface area contributed by atoms with Gasteiger partial charge in [-0.25, -0.2) is 0 Å². The summed E-state index contributed by atoms with van der Waals surface area (Å²) in [6.07, 6.45) is 0.987. The van der Waals surface area contributed by atoms with Gasteiger partial charge in [0.15, 0.2) is 5.88 Å². The number of rotatable bonds is 5. The van der Waals surface area contributed by atoms with E-state index in [9.17, 15) is 0 Å². The van der Waals surface area contributed by atoms with Gasteiger partial charge >= 0.3 is 0 Å². The second-order valence-electron chi connectivity index (χ2n) is 3.72. The molecular weight excluding hydrogens is 178 g/mol. The fraction of sp³-hybridized carbons (Fsp3) is 0.636. The summed E-state index contributed by atoms with van der Waals surface area (Å²) in [7, 11) is 1.98. The van der Waals surface area contributed by atoms with E-state index in [1.165, 1.54) is 0 Å². The number of furan rings is 1. The highest BCUT2D eigenvalue weighted by Gasteiger charge is 2.11. The first-order chi connectivity index (χ1) is 6.67. The zero-order valence-corrected chi connectivity index (χ0v) is 9.16. The molecule has 0 saturated carbocycles. The van der Waals surface area contributed by atoms with E-state index in [0.717, 1.165) is 24.6 Å². The van der Waals surface area contributed by atoms with Crippen molar-refractivity contribution >= 4 is 5.88 Å². The molecule has 3 heteroatoms. The molecule has 3 nitrogen and oxygen atoms in total. The van der Waals surface area contributed by atoms with Crippen LogP contribution in [-0.4, -0.2) is 25.3 Å². The van der Waals surface area contributed by atoms with E-state index in [1.807, 2.05) is 31.0 Å². The highest BCUT2D eigenvalue weighted by Crippen LogP contribution is 2.18. The molecular formula is C11H19NO2. The van der Waals surface area contributed by atoms with Crippen molar-refractivity contribution in [1.82, 2.24) is 0 Å². The van der Waals surface area contributed by atoms with Crippen LogP contribution in [0.4, 0.5) is 5.88 Å². The van der Waals surface area contributed by atoms with E-state index in [2.05, 4.69) is 6.92 Å². The minimum atomic E-state index is 0.237. The maximum absolute atomic E-state index is 9.07. The van der Waals surface area contributed by atoms with Gasteiger partial charge in [-0.3, -0.25) is 0 Å². The third-order valence-electron chi connectivity index (χ3n) is 2.47. The molecule has 0 aliphatic rings. The van der Waals surface area contributed by atoms with E-state index < -0.39 is 0 Å². The molecule has 0 radical (unpaired) electrons. The van der Waals surface area contributed by atoms with E-state index >= 15 is 0 Å². The molecule has 0 saturated heterocycles. The Bertz CT molecular complexity index is 266. The van der Waals surface area contributed by atoms with Crippen LogP contribution in [0, 0.1) is 12.8 Å². The zero-order valence-electron chi connectivity index (χ0n) is 9.16. The van der Waals surface area contributed by atoms with Gasteiger partial charge in [-0.2, -0.15) is 0 Å². The molecule has 0 spiro atoms. The number of aliphatic hydroxyl groups is 1. The predicted octanol–water partition coefficient (Wildman–Crippen LogP) is 2.04. The third kappa shape index (κ3) is 2.77. The number of aryl methyl sites for hydroxylation is 1. The summed E-state index contributed by atoms with van der Waals surface area (Å²) >= 11 is 0. The normalized spacial score (nSPS) is 12.9. The maximum Gasteiger partial charge on any atom is 0.195 e. The first-order valence-electron chi connectivity index (χ1n) is 5.05. The van der Waals surface area contributed by atoms with Crippen LogP contribution in [-0.2, 0) is 0 Å². The van der Waals surface area contributed by atoms with E-state index in [4.69, 9.17) is 9.52 Å². The average Bonchev–Trinajstić information content (AvgIpc) is 2.61. The molecule has 0 amide bonds. The summed E-state index contributed by atoms with van der Waals surface area (Å²) < 4.78 is 5.48. The molecule has 0 fully saturated rings. The highest BCUT2D eigenvalue weighted by molar-refractivity contribution is 5.34. The molecule has 1 heterocycles. The summed E-state index contributed by atoms with van der Waals surface area (Å²) in [5.41, 5.74) is 0. The zero-order chi connectivity index (χ0) is 10.6. The fourth-order valence-corrected chi connectivity index (χ4v) is 1.42. The number of nitrogens with zero attached hydrogens (tertiary/aromatic N) is 1. The highest BCUT2D eigenvalue weighted by atomic mass is 16.4. The Labute approximate surface area is 85.3 Å². The van der Waals surface area contributed by atoms with Crippen LogP contribution in [0.25, 0.3) is 0 Å². The monoisotopic (exact) mass is 197 g/mol. The lowest BCUT2D eigenvalue weighted by Crippen LogP contribution is -2.26. The van der Waals surface area contributed by atoms with Gasteiger partial charge in [0, 0.05) is 26.3 Å². The van der Waals surface area contributed by atoms with Crippen LogP contribution in [0.5, 0.6) is 0 Å². The molecule has 1 unspecified atom stereocenters. The van der Waals surface area contributed by atoms with Gasteiger partial charge in [-0.05, 0) is 25.3 Å². The second-order valence-corrected chi connectivity index (χ2v) is 3.72. The summed E-state index contributed by atoms with van der Waals surface area (Å²) in [5, 5.41) is 9.07. The minimum Gasteiger partial charge on any atom is -0.446 e. The van der Waals surface area contributed by atoms with Gasteiger partial charge in [-0.15, -0.1) is 0 Å². The molecule has 1 N–H and O–H groups in total. The molecule has 0 aliphatic carbocycles. The van der Waals surface area contributed by atoms with E-state index in [-0.39, 0.29) is 6.61 Å². The molecule has 1 rings (SSSR count). The van der Waals surface area contributed by atoms with Crippen LogP contribution < -0.4 is 4.90 Å². The van der Waals surface area contributed by atoms with Crippen molar-refractivity contribution in [3.8, 4) is 0 Å². The lowest BCUT2D eigenvalue weighted by molar-refractivity contribution is 0.224. The van der Waals surface area contributed by atoms with Crippen LogP contribution >= 0.6 is 0 Å². The Balaban J connectivity index is 2.53. The molecule has 0 aromatic carbocycles. The summed E-state index contributed by atoms with van der Waals surface area (Å²) in [6.45, 7) is 5.09. The first-order valence-corrected chi connectivity index (χ1v) is 5.05. The number of hydrogen-bond donors (Lipinski definition) is 1.